The van der Waals surface area contributed by atoms with Crippen molar-refractivity contribution in [1.82, 2.24) is 4.98 Å². The average Bonchev–Trinajstić information content (AvgIpc) is 2.72. The number of carbonyl (C=O) groups excluding carboxylic acids is 1. The summed E-state index contributed by atoms with van der Waals surface area (Å²) in [5, 5.41) is 0.631. The zero-order valence-corrected chi connectivity index (χ0v) is 12.6. The summed E-state index contributed by atoms with van der Waals surface area (Å²) >= 11 is 5.24. The van der Waals surface area contributed by atoms with Crippen LogP contribution in [0.25, 0.3) is 10.9 Å². The van der Waals surface area contributed by atoms with Crippen molar-refractivity contribution in [2.75, 3.05) is 6.61 Å². The fourth-order valence-electron chi connectivity index (χ4n) is 1.51. The first-order valence-electron chi connectivity index (χ1n) is 4.88. The molecule has 1 aromatic heterocycles. The van der Waals surface area contributed by atoms with E-state index in [1.54, 1.807) is 19.1 Å². The zero-order valence-electron chi connectivity index (χ0n) is 8.81. The third-order valence-electron chi connectivity index (χ3n) is 2.25. The number of aromatic amines is 1. The van der Waals surface area contributed by atoms with Crippen molar-refractivity contribution < 1.29 is 13.9 Å². The molecule has 2 rings (SSSR count). The van der Waals surface area contributed by atoms with E-state index < -0.39 is 5.97 Å². The lowest BCUT2D eigenvalue weighted by molar-refractivity contribution is 0.0520. The lowest BCUT2D eigenvalue weighted by atomic mass is 10.2. The Balaban J connectivity index is 2.61. The van der Waals surface area contributed by atoms with Crippen LogP contribution in [-0.2, 0) is 4.74 Å². The van der Waals surface area contributed by atoms with Gasteiger partial charge in [-0.05, 0) is 41.6 Å². The summed E-state index contributed by atoms with van der Waals surface area (Å²) in [5.41, 5.74) is 0.565. The highest BCUT2D eigenvalue weighted by molar-refractivity contribution is 14.1. The number of nitrogens with one attached hydrogen (secondary N) is 1. The largest absolute Gasteiger partial charge is 0.461 e. The van der Waals surface area contributed by atoms with Crippen LogP contribution in [0.15, 0.2) is 16.6 Å². The fraction of sp³-hybridized carbons (Fsp3) is 0.182. The molecule has 0 amide bonds. The molecule has 1 heterocycles. The van der Waals surface area contributed by atoms with Crippen molar-refractivity contribution in [3.8, 4) is 0 Å². The summed E-state index contributed by atoms with van der Waals surface area (Å²) in [6.45, 7) is 2.01. The molecule has 1 aromatic carbocycles. The fourth-order valence-corrected chi connectivity index (χ4v) is 3.06. The lowest BCUT2D eigenvalue weighted by Gasteiger charge is -1.98. The first kappa shape index (κ1) is 12.8. The molecule has 90 valence electrons. The molecule has 6 heteroatoms. The van der Waals surface area contributed by atoms with Gasteiger partial charge >= 0.3 is 5.97 Å². The van der Waals surface area contributed by atoms with Gasteiger partial charge in [-0.25, -0.2) is 9.18 Å². The highest BCUT2D eigenvalue weighted by Crippen LogP contribution is 2.30. The molecule has 2 aromatic rings. The number of halogens is 3. The monoisotopic (exact) mass is 411 g/mol. The molecule has 0 fully saturated rings. The maximum Gasteiger partial charge on any atom is 0.354 e. The van der Waals surface area contributed by atoms with Crippen LogP contribution in [0.4, 0.5) is 4.39 Å². The Labute approximate surface area is 119 Å². The van der Waals surface area contributed by atoms with E-state index in [-0.39, 0.29) is 18.1 Å². The molecule has 0 aliphatic rings. The molecule has 0 bridgehead atoms. The minimum atomic E-state index is -0.481. The Morgan fingerprint density at radius 3 is 2.94 bits per heavy atom. The molecular formula is C11H8BrFINO2. The molecule has 0 unspecified atom stereocenters. The summed E-state index contributed by atoms with van der Waals surface area (Å²) < 4.78 is 19.9. The van der Waals surface area contributed by atoms with Gasteiger partial charge in [0.1, 0.15) is 5.69 Å². The molecule has 17 heavy (non-hydrogen) atoms. The average molecular weight is 412 g/mol. The number of benzene rings is 1. The van der Waals surface area contributed by atoms with Crippen molar-refractivity contribution in [1.29, 1.82) is 0 Å². The predicted molar refractivity (Wildman–Crippen MR) is 74.6 cm³/mol. The Kier molecular flexibility index (Phi) is 3.72. The van der Waals surface area contributed by atoms with Gasteiger partial charge in [0.05, 0.1) is 15.7 Å². The third-order valence-corrected chi connectivity index (χ3v) is 3.69. The Bertz CT molecular complexity index is 597. The van der Waals surface area contributed by atoms with Crippen molar-refractivity contribution in [3.63, 3.8) is 0 Å². The second-order valence-corrected chi connectivity index (χ2v) is 5.36. The van der Waals surface area contributed by atoms with Crippen LogP contribution in [-0.4, -0.2) is 17.6 Å². The number of hydrogen-bond acceptors (Lipinski definition) is 2. The molecule has 0 radical (unpaired) electrons. The molecular weight excluding hydrogens is 404 g/mol. The van der Waals surface area contributed by atoms with Crippen molar-refractivity contribution in [2.24, 2.45) is 0 Å². The van der Waals surface area contributed by atoms with Crippen molar-refractivity contribution in [2.45, 2.75) is 6.92 Å². The SMILES string of the molecule is CCOC(=O)c1cc2c(Br)cc(I)c(F)c2[nH]1. The highest BCUT2D eigenvalue weighted by atomic mass is 127. The van der Waals surface area contributed by atoms with Gasteiger partial charge in [-0.2, -0.15) is 0 Å². The van der Waals surface area contributed by atoms with E-state index in [9.17, 15) is 9.18 Å². The van der Waals surface area contributed by atoms with Gasteiger partial charge in [0, 0.05) is 9.86 Å². The highest BCUT2D eigenvalue weighted by Gasteiger charge is 2.16. The zero-order chi connectivity index (χ0) is 12.6. The van der Waals surface area contributed by atoms with Gasteiger partial charge in [0.2, 0.25) is 0 Å². The maximum absolute atomic E-state index is 13.8. The van der Waals surface area contributed by atoms with Crippen LogP contribution in [0.2, 0.25) is 0 Å². The third kappa shape index (κ3) is 2.33. The molecule has 0 aliphatic heterocycles. The number of esters is 1. The number of hydrogen-bond donors (Lipinski definition) is 1. The molecule has 0 atom stereocenters. The molecule has 0 saturated carbocycles. The van der Waals surface area contributed by atoms with Crippen molar-refractivity contribution in [3.05, 3.63) is 31.7 Å². The number of H-pyrrole nitrogens is 1. The molecule has 0 spiro atoms. The second kappa shape index (κ2) is 4.93. The topological polar surface area (TPSA) is 42.1 Å². The minimum Gasteiger partial charge on any atom is -0.461 e. The predicted octanol–water partition coefficient (Wildman–Crippen LogP) is 3.85. The van der Waals surface area contributed by atoms with E-state index in [0.29, 0.717) is 14.5 Å². The Morgan fingerprint density at radius 2 is 2.29 bits per heavy atom. The van der Waals surface area contributed by atoms with E-state index >= 15 is 0 Å². The number of carbonyl (C=O) groups is 1. The first-order chi connectivity index (χ1) is 8.04. The summed E-state index contributed by atoms with van der Waals surface area (Å²) in [4.78, 5) is 14.3. The van der Waals surface area contributed by atoms with E-state index in [4.69, 9.17) is 4.74 Å². The Morgan fingerprint density at radius 1 is 1.59 bits per heavy atom. The smallest absolute Gasteiger partial charge is 0.354 e. The van der Waals surface area contributed by atoms with Crippen molar-refractivity contribution >= 4 is 55.4 Å². The molecule has 0 aliphatic carbocycles. The van der Waals surface area contributed by atoms with Gasteiger partial charge in [-0.3, -0.25) is 0 Å². The summed E-state index contributed by atoms with van der Waals surface area (Å²) in [6.07, 6.45) is 0. The molecule has 1 N–H and O–H groups in total. The standard InChI is InChI=1S/C11H8BrFINO2/c1-2-17-11(16)8-3-5-6(12)4-7(14)9(13)10(5)15-8/h3-4,15H,2H2,1H3. The summed E-state index contributed by atoms with van der Waals surface area (Å²) in [7, 11) is 0. The number of rotatable bonds is 2. The van der Waals surface area contributed by atoms with E-state index in [1.807, 2.05) is 22.6 Å². The molecule has 3 nitrogen and oxygen atoms in total. The van der Waals surface area contributed by atoms with Gasteiger partial charge in [0.15, 0.2) is 5.82 Å². The minimum absolute atomic E-state index is 0.253. The van der Waals surface area contributed by atoms with Crippen LogP contribution in [0.5, 0.6) is 0 Å². The van der Waals surface area contributed by atoms with Gasteiger partial charge in [-0.1, -0.05) is 15.9 Å². The summed E-state index contributed by atoms with van der Waals surface area (Å²) in [6, 6.07) is 3.25. The maximum atomic E-state index is 13.8. The second-order valence-electron chi connectivity index (χ2n) is 3.35. The molecule has 0 saturated heterocycles. The quantitative estimate of drug-likeness (QED) is 0.463. The number of aromatic nitrogens is 1. The van der Waals surface area contributed by atoms with E-state index in [2.05, 4.69) is 20.9 Å². The van der Waals surface area contributed by atoms with Crippen LogP contribution >= 0.6 is 38.5 Å². The number of fused-ring (bicyclic) bond motifs is 1. The lowest BCUT2D eigenvalue weighted by Crippen LogP contribution is -2.04. The number of ether oxygens (including phenoxy) is 1. The van der Waals surface area contributed by atoms with Crippen LogP contribution in [0, 0.1) is 9.39 Å². The van der Waals surface area contributed by atoms with Crippen LogP contribution < -0.4 is 0 Å². The van der Waals surface area contributed by atoms with Gasteiger partial charge in [-0.15, -0.1) is 0 Å². The van der Waals surface area contributed by atoms with Crippen LogP contribution in [0.1, 0.15) is 17.4 Å². The van der Waals surface area contributed by atoms with Crippen LogP contribution in [0.3, 0.4) is 0 Å². The van der Waals surface area contributed by atoms with Gasteiger partial charge < -0.3 is 9.72 Å². The normalized spacial score (nSPS) is 10.8. The van der Waals surface area contributed by atoms with E-state index in [0.717, 1.165) is 4.47 Å². The first-order valence-corrected chi connectivity index (χ1v) is 6.75. The Hall–Kier alpha value is -0.630. The van der Waals surface area contributed by atoms with E-state index in [1.165, 1.54) is 0 Å². The summed E-state index contributed by atoms with van der Waals surface area (Å²) in [5.74, 6) is -0.843. The van der Waals surface area contributed by atoms with Gasteiger partial charge in [0.25, 0.3) is 0 Å².